The molecule has 5 nitrogen and oxygen atoms in total. The molecule has 0 radical (unpaired) electrons. The standard InChI is InChI=1S/C17H13F4N5/c18-11-1-3-14(20)10(7-11)9-25-5-6-26-17(22-23-24-26)16(25)13-8-12(19)2-4-15(13)21/h1-4,7-8,16H,5-6,9H2. The summed E-state index contributed by atoms with van der Waals surface area (Å²) in [4.78, 5) is 1.70. The molecule has 0 aliphatic carbocycles. The molecule has 2 heterocycles. The van der Waals surface area contributed by atoms with Crippen molar-refractivity contribution in [2.45, 2.75) is 19.1 Å². The van der Waals surface area contributed by atoms with Gasteiger partial charge in [-0.15, -0.1) is 5.10 Å². The number of hydrogen-bond acceptors (Lipinski definition) is 4. The van der Waals surface area contributed by atoms with E-state index >= 15 is 0 Å². The molecule has 134 valence electrons. The van der Waals surface area contributed by atoms with Crippen LogP contribution in [0.25, 0.3) is 0 Å². The molecule has 1 aliphatic rings. The van der Waals surface area contributed by atoms with Crippen molar-refractivity contribution in [3.8, 4) is 0 Å². The summed E-state index contributed by atoms with van der Waals surface area (Å²) in [7, 11) is 0. The molecule has 1 unspecified atom stereocenters. The molecule has 9 heteroatoms. The Morgan fingerprint density at radius 1 is 0.923 bits per heavy atom. The molecule has 0 saturated carbocycles. The van der Waals surface area contributed by atoms with E-state index in [0.717, 1.165) is 36.4 Å². The van der Waals surface area contributed by atoms with Crippen molar-refractivity contribution in [2.75, 3.05) is 6.54 Å². The molecule has 1 atom stereocenters. The van der Waals surface area contributed by atoms with Crippen molar-refractivity contribution in [1.82, 2.24) is 25.1 Å². The van der Waals surface area contributed by atoms with Crippen LogP contribution in [0.2, 0.25) is 0 Å². The van der Waals surface area contributed by atoms with Crippen LogP contribution in [-0.4, -0.2) is 31.7 Å². The van der Waals surface area contributed by atoms with Gasteiger partial charge >= 0.3 is 0 Å². The summed E-state index contributed by atoms with van der Waals surface area (Å²) in [6.45, 7) is 0.748. The van der Waals surface area contributed by atoms with Crippen LogP contribution in [0, 0.1) is 23.3 Å². The minimum Gasteiger partial charge on any atom is -0.283 e. The molecule has 1 aliphatic heterocycles. The highest BCUT2D eigenvalue weighted by Crippen LogP contribution is 2.33. The van der Waals surface area contributed by atoms with Gasteiger partial charge in [0.25, 0.3) is 0 Å². The fourth-order valence-corrected chi connectivity index (χ4v) is 3.20. The maximum Gasteiger partial charge on any atom is 0.173 e. The van der Waals surface area contributed by atoms with Gasteiger partial charge in [0, 0.05) is 24.2 Å². The van der Waals surface area contributed by atoms with Gasteiger partial charge < -0.3 is 0 Å². The lowest BCUT2D eigenvalue weighted by Crippen LogP contribution is -2.39. The van der Waals surface area contributed by atoms with Crippen LogP contribution >= 0.6 is 0 Å². The van der Waals surface area contributed by atoms with E-state index in [1.807, 2.05) is 0 Å². The number of hydrogen-bond donors (Lipinski definition) is 0. The monoisotopic (exact) mass is 363 g/mol. The quantitative estimate of drug-likeness (QED) is 0.672. The highest BCUT2D eigenvalue weighted by atomic mass is 19.1. The molecule has 0 N–H and O–H groups in total. The lowest BCUT2D eigenvalue weighted by atomic mass is 10.0. The first-order valence-corrected chi connectivity index (χ1v) is 7.92. The van der Waals surface area contributed by atoms with E-state index in [1.54, 1.807) is 4.90 Å². The van der Waals surface area contributed by atoms with Crippen LogP contribution in [-0.2, 0) is 13.1 Å². The molecule has 3 aromatic rings. The number of benzene rings is 2. The minimum absolute atomic E-state index is 0.00290. The largest absolute Gasteiger partial charge is 0.283 e. The number of fused-ring (bicyclic) bond motifs is 1. The van der Waals surface area contributed by atoms with E-state index in [1.165, 1.54) is 4.68 Å². The number of rotatable bonds is 3. The van der Waals surface area contributed by atoms with Crippen LogP contribution in [0.4, 0.5) is 17.6 Å². The lowest BCUT2D eigenvalue weighted by Gasteiger charge is -2.35. The van der Waals surface area contributed by atoms with E-state index in [2.05, 4.69) is 15.5 Å². The summed E-state index contributed by atoms with van der Waals surface area (Å²) in [5.41, 5.74) is 0.158. The molecule has 0 bridgehead atoms. The Kier molecular flexibility index (Phi) is 4.15. The summed E-state index contributed by atoms with van der Waals surface area (Å²) in [5.74, 6) is -2.07. The van der Waals surface area contributed by atoms with Crippen molar-refractivity contribution in [3.63, 3.8) is 0 Å². The topological polar surface area (TPSA) is 46.8 Å². The van der Waals surface area contributed by atoms with Gasteiger partial charge in [0.2, 0.25) is 0 Å². The molecule has 2 aromatic carbocycles. The summed E-state index contributed by atoms with van der Waals surface area (Å²) < 4.78 is 57.2. The fourth-order valence-electron chi connectivity index (χ4n) is 3.20. The van der Waals surface area contributed by atoms with Crippen molar-refractivity contribution < 1.29 is 17.6 Å². The average Bonchev–Trinajstić information content (AvgIpc) is 3.09. The molecule has 4 rings (SSSR count). The van der Waals surface area contributed by atoms with E-state index in [4.69, 9.17) is 0 Å². The minimum atomic E-state index is -0.822. The Morgan fingerprint density at radius 2 is 1.65 bits per heavy atom. The predicted molar refractivity (Wildman–Crippen MR) is 82.8 cm³/mol. The molecular formula is C17H13F4N5. The van der Waals surface area contributed by atoms with Gasteiger partial charge in [-0.2, -0.15) is 0 Å². The second-order valence-electron chi connectivity index (χ2n) is 6.03. The van der Waals surface area contributed by atoms with Crippen molar-refractivity contribution >= 4 is 0 Å². The fraction of sp³-hybridized carbons (Fsp3) is 0.235. The Bertz CT molecular complexity index is 958. The smallest absolute Gasteiger partial charge is 0.173 e. The first-order chi connectivity index (χ1) is 12.5. The highest BCUT2D eigenvalue weighted by molar-refractivity contribution is 5.29. The van der Waals surface area contributed by atoms with E-state index in [-0.39, 0.29) is 17.7 Å². The lowest BCUT2D eigenvalue weighted by molar-refractivity contribution is 0.159. The van der Waals surface area contributed by atoms with E-state index in [0.29, 0.717) is 18.9 Å². The molecule has 0 fully saturated rings. The van der Waals surface area contributed by atoms with Crippen molar-refractivity contribution in [3.05, 3.63) is 76.6 Å². The van der Waals surface area contributed by atoms with E-state index < -0.39 is 29.3 Å². The van der Waals surface area contributed by atoms with Crippen LogP contribution < -0.4 is 0 Å². The zero-order chi connectivity index (χ0) is 18.3. The van der Waals surface area contributed by atoms with Crippen LogP contribution in [0.5, 0.6) is 0 Å². The van der Waals surface area contributed by atoms with Gasteiger partial charge in [-0.05, 0) is 46.8 Å². The zero-order valence-corrected chi connectivity index (χ0v) is 13.4. The van der Waals surface area contributed by atoms with Gasteiger partial charge in [0.15, 0.2) is 5.82 Å². The Hall–Kier alpha value is -2.81. The third-order valence-corrected chi connectivity index (χ3v) is 4.40. The molecule has 26 heavy (non-hydrogen) atoms. The predicted octanol–water partition coefficient (Wildman–Crippen LogP) is 2.83. The maximum absolute atomic E-state index is 14.4. The van der Waals surface area contributed by atoms with Crippen LogP contribution in [0.3, 0.4) is 0 Å². The summed E-state index contributed by atoms with van der Waals surface area (Å²) in [6.07, 6.45) is 0. The second kappa shape index (κ2) is 6.49. The Labute approximate surface area is 145 Å². The van der Waals surface area contributed by atoms with Gasteiger partial charge in [-0.3, -0.25) is 4.90 Å². The van der Waals surface area contributed by atoms with Gasteiger partial charge in [0.1, 0.15) is 29.3 Å². The van der Waals surface area contributed by atoms with Crippen molar-refractivity contribution in [2.24, 2.45) is 0 Å². The number of tetrazole rings is 1. The normalized spacial score (nSPS) is 17.3. The highest BCUT2D eigenvalue weighted by Gasteiger charge is 2.34. The Balaban J connectivity index is 1.78. The first kappa shape index (κ1) is 16.6. The third kappa shape index (κ3) is 2.94. The second-order valence-corrected chi connectivity index (χ2v) is 6.03. The summed E-state index contributed by atoms with van der Waals surface area (Å²) in [5, 5.41) is 11.3. The van der Waals surface area contributed by atoms with Gasteiger partial charge in [0.05, 0.1) is 6.54 Å². The van der Waals surface area contributed by atoms with Gasteiger partial charge in [-0.1, -0.05) is 0 Å². The zero-order valence-electron chi connectivity index (χ0n) is 13.4. The maximum atomic E-state index is 14.4. The van der Waals surface area contributed by atoms with Crippen molar-refractivity contribution in [1.29, 1.82) is 0 Å². The first-order valence-electron chi connectivity index (χ1n) is 7.92. The molecule has 0 saturated heterocycles. The molecule has 0 spiro atoms. The summed E-state index contributed by atoms with van der Waals surface area (Å²) >= 11 is 0. The SMILES string of the molecule is Fc1ccc(F)c(CN2CCn3nnnc3C2c2cc(F)ccc2F)c1. The number of halogens is 4. The molecular weight excluding hydrogens is 350 g/mol. The third-order valence-electron chi connectivity index (χ3n) is 4.40. The molecule has 0 amide bonds. The average molecular weight is 363 g/mol. The molecule has 1 aromatic heterocycles. The van der Waals surface area contributed by atoms with E-state index in [9.17, 15) is 17.6 Å². The number of nitrogens with zero attached hydrogens (tertiary/aromatic N) is 5. The van der Waals surface area contributed by atoms with Gasteiger partial charge in [-0.25, -0.2) is 22.2 Å². The summed E-state index contributed by atoms with van der Waals surface area (Å²) in [6, 6.07) is 5.44. The van der Waals surface area contributed by atoms with Crippen LogP contribution in [0.15, 0.2) is 36.4 Å². The van der Waals surface area contributed by atoms with Crippen LogP contribution in [0.1, 0.15) is 23.0 Å². The Morgan fingerprint density at radius 3 is 2.46 bits per heavy atom. The number of aromatic nitrogens is 4.